The molecular weight excluding hydrogens is 239 g/mol. The second-order valence-electron chi connectivity index (χ2n) is 5.10. The van der Waals surface area contributed by atoms with Crippen LogP contribution in [-0.4, -0.2) is 11.0 Å². The number of nitrogens with zero attached hydrogens (tertiary/aromatic N) is 1. The van der Waals surface area contributed by atoms with Gasteiger partial charge >= 0.3 is 0 Å². The van der Waals surface area contributed by atoms with Crippen molar-refractivity contribution in [2.45, 2.75) is 31.8 Å². The first-order chi connectivity index (χ1) is 9.31. The first-order valence-corrected chi connectivity index (χ1v) is 6.71. The van der Waals surface area contributed by atoms with Crippen molar-refractivity contribution in [1.29, 1.82) is 0 Å². The van der Waals surface area contributed by atoms with Gasteiger partial charge in [-0.15, -0.1) is 0 Å². The van der Waals surface area contributed by atoms with Gasteiger partial charge in [-0.05, 0) is 60.2 Å². The van der Waals surface area contributed by atoms with Crippen molar-refractivity contribution < 1.29 is 4.39 Å². The maximum absolute atomic E-state index is 13.4. The number of pyridine rings is 1. The molecule has 3 rings (SSSR count). The Morgan fingerprint density at radius 3 is 2.63 bits per heavy atom. The van der Waals surface area contributed by atoms with E-state index in [1.807, 2.05) is 18.2 Å². The van der Waals surface area contributed by atoms with Crippen LogP contribution in [0.5, 0.6) is 0 Å². The Balaban J connectivity index is 1.78. The third-order valence-electron chi connectivity index (χ3n) is 3.47. The van der Waals surface area contributed by atoms with Gasteiger partial charge in [0.25, 0.3) is 0 Å². The van der Waals surface area contributed by atoms with Crippen LogP contribution in [0.25, 0.3) is 0 Å². The van der Waals surface area contributed by atoms with E-state index < -0.39 is 0 Å². The van der Waals surface area contributed by atoms with Crippen LogP contribution in [0.4, 0.5) is 4.39 Å². The highest BCUT2D eigenvalue weighted by Gasteiger charge is 2.20. The number of hydrogen-bond donors (Lipinski definition) is 1. The fourth-order valence-electron chi connectivity index (χ4n) is 2.19. The summed E-state index contributed by atoms with van der Waals surface area (Å²) in [6.45, 7) is 0.753. The second-order valence-corrected chi connectivity index (χ2v) is 5.10. The molecular formula is C16H17FN2. The van der Waals surface area contributed by atoms with Crippen LogP contribution in [0, 0.1) is 5.82 Å². The summed E-state index contributed by atoms with van der Waals surface area (Å²) < 4.78 is 13.4. The number of rotatable bonds is 5. The smallest absolute Gasteiger partial charge is 0.123 e. The molecule has 1 aliphatic rings. The zero-order valence-electron chi connectivity index (χ0n) is 10.8. The van der Waals surface area contributed by atoms with Gasteiger partial charge in [-0.3, -0.25) is 4.98 Å². The molecule has 1 fully saturated rings. The van der Waals surface area contributed by atoms with Gasteiger partial charge in [0.15, 0.2) is 0 Å². The molecule has 0 bridgehead atoms. The maximum atomic E-state index is 13.4. The number of nitrogens with one attached hydrogen (secondary N) is 1. The van der Waals surface area contributed by atoms with Gasteiger partial charge in [0.2, 0.25) is 0 Å². The van der Waals surface area contributed by atoms with Crippen molar-refractivity contribution in [3.63, 3.8) is 0 Å². The molecule has 1 heterocycles. The Morgan fingerprint density at radius 2 is 1.89 bits per heavy atom. The Labute approximate surface area is 112 Å². The highest BCUT2D eigenvalue weighted by Crippen LogP contribution is 2.21. The molecule has 1 aromatic heterocycles. The fourth-order valence-corrected chi connectivity index (χ4v) is 2.19. The van der Waals surface area contributed by atoms with Crippen molar-refractivity contribution in [2.75, 3.05) is 0 Å². The van der Waals surface area contributed by atoms with E-state index in [1.54, 1.807) is 18.5 Å². The summed E-state index contributed by atoms with van der Waals surface area (Å²) in [5.41, 5.74) is 3.44. The lowest BCUT2D eigenvalue weighted by Gasteiger charge is -2.11. The average Bonchev–Trinajstić information content (AvgIpc) is 3.24. The predicted molar refractivity (Wildman–Crippen MR) is 73.3 cm³/mol. The molecule has 19 heavy (non-hydrogen) atoms. The first kappa shape index (κ1) is 12.3. The molecule has 2 aromatic rings. The number of hydrogen-bond acceptors (Lipinski definition) is 2. The molecule has 1 aromatic carbocycles. The van der Waals surface area contributed by atoms with E-state index in [4.69, 9.17) is 0 Å². The molecule has 0 spiro atoms. The van der Waals surface area contributed by atoms with Crippen molar-refractivity contribution in [3.05, 3.63) is 65.2 Å². The maximum Gasteiger partial charge on any atom is 0.123 e. The Kier molecular flexibility index (Phi) is 3.56. The van der Waals surface area contributed by atoms with Crippen LogP contribution in [0.3, 0.4) is 0 Å². The lowest BCUT2D eigenvalue weighted by molar-refractivity contribution is 0.617. The molecule has 0 radical (unpaired) electrons. The largest absolute Gasteiger partial charge is 0.310 e. The SMILES string of the molecule is Fc1ccc(Cc2ccncc2)c(CNC2CC2)c1. The topological polar surface area (TPSA) is 24.9 Å². The standard InChI is InChI=1S/C16H17FN2/c17-15-2-1-13(9-12-5-7-18-8-6-12)14(10-15)11-19-16-3-4-16/h1-2,5-8,10,16,19H,3-4,9,11H2. The van der Waals surface area contributed by atoms with Gasteiger partial charge in [-0.25, -0.2) is 4.39 Å². The van der Waals surface area contributed by atoms with Gasteiger partial charge in [-0.1, -0.05) is 6.07 Å². The van der Waals surface area contributed by atoms with Gasteiger partial charge in [-0.2, -0.15) is 0 Å². The minimum atomic E-state index is -0.161. The molecule has 2 nitrogen and oxygen atoms in total. The second kappa shape index (κ2) is 5.49. The molecule has 1 N–H and O–H groups in total. The summed E-state index contributed by atoms with van der Waals surface area (Å²) in [6, 6.07) is 9.71. The van der Waals surface area contributed by atoms with Crippen LogP contribution in [0.2, 0.25) is 0 Å². The van der Waals surface area contributed by atoms with Crippen LogP contribution in [0.15, 0.2) is 42.7 Å². The lowest BCUT2D eigenvalue weighted by atomic mass is 10.00. The van der Waals surface area contributed by atoms with Crippen LogP contribution in [-0.2, 0) is 13.0 Å². The summed E-state index contributed by atoms with van der Waals surface area (Å²) in [4.78, 5) is 4.02. The van der Waals surface area contributed by atoms with Gasteiger partial charge in [0, 0.05) is 25.0 Å². The summed E-state index contributed by atoms with van der Waals surface area (Å²) in [6.07, 6.45) is 6.90. The van der Waals surface area contributed by atoms with Crippen molar-refractivity contribution in [2.24, 2.45) is 0 Å². The molecule has 0 atom stereocenters. The molecule has 3 heteroatoms. The molecule has 1 saturated carbocycles. The third kappa shape index (κ3) is 3.38. The average molecular weight is 256 g/mol. The summed E-state index contributed by atoms with van der Waals surface area (Å²) in [5.74, 6) is -0.161. The van der Waals surface area contributed by atoms with E-state index in [0.29, 0.717) is 6.04 Å². The summed E-state index contributed by atoms with van der Waals surface area (Å²) >= 11 is 0. The number of halogens is 1. The van der Waals surface area contributed by atoms with E-state index in [-0.39, 0.29) is 5.82 Å². The van der Waals surface area contributed by atoms with Gasteiger partial charge < -0.3 is 5.32 Å². The number of benzene rings is 1. The van der Waals surface area contributed by atoms with Crippen molar-refractivity contribution in [3.8, 4) is 0 Å². The van der Waals surface area contributed by atoms with Gasteiger partial charge in [0.1, 0.15) is 5.82 Å². The summed E-state index contributed by atoms with van der Waals surface area (Å²) in [7, 11) is 0. The predicted octanol–water partition coefficient (Wildman–Crippen LogP) is 3.06. The zero-order chi connectivity index (χ0) is 13.1. The van der Waals surface area contributed by atoms with E-state index in [2.05, 4.69) is 10.3 Å². The highest BCUT2D eigenvalue weighted by atomic mass is 19.1. The Morgan fingerprint density at radius 1 is 1.11 bits per heavy atom. The molecule has 0 unspecified atom stereocenters. The van der Waals surface area contributed by atoms with Crippen molar-refractivity contribution >= 4 is 0 Å². The van der Waals surface area contributed by atoms with Crippen LogP contribution in [0.1, 0.15) is 29.5 Å². The fraction of sp³-hybridized carbons (Fsp3) is 0.312. The summed E-state index contributed by atoms with van der Waals surface area (Å²) in [5, 5.41) is 3.45. The molecule has 1 aliphatic carbocycles. The minimum absolute atomic E-state index is 0.161. The van der Waals surface area contributed by atoms with E-state index in [1.165, 1.54) is 30.0 Å². The van der Waals surface area contributed by atoms with Crippen molar-refractivity contribution in [1.82, 2.24) is 10.3 Å². The number of aromatic nitrogens is 1. The highest BCUT2D eigenvalue weighted by molar-refractivity contribution is 5.32. The van der Waals surface area contributed by atoms with E-state index in [0.717, 1.165) is 18.5 Å². The van der Waals surface area contributed by atoms with Crippen LogP contribution < -0.4 is 5.32 Å². The first-order valence-electron chi connectivity index (χ1n) is 6.71. The Hall–Kier alpha value is -1.74. The Bertz CT molecular complexity index is 550. The van der Waals surface area contributed by atoms with E-state index in [9.17, 15) is 4.39 Å². The van der Waals surface area contributed by atoms with Crippen LogP contribution >= 0.6 is 0 Å². The third-order valence-corrected chi connectivity index (χ3v) is 3.47. The molecule has 0 aliphatic heterocycles. The molecule has 98 valence electrons. The van der Waals surface area contributed by atoms with Gasteiger partial charge in [0.05, 0.1) is 0 Å². The monoisotopic (exact) mass is 256 g/mol. The lowest BCUT2D eigenvalue weighted by Crippen LogP contribution is -2.16. The molecule has 0 amide bonds. The molecule has 0 saturated heterocycles. The normalized spacial score (nSPS) is 14.6. The minimum Gasteiger partial charge on any atom is -0.310 e. The quantitative estimate of drug-likeness (QED) is 0.889. The van der Waals surface area contributed by atoms with E-state index >= 15 is 0 Å². The zero-order valence-corrected chi connectivity index (χ0v) is 10.8.